The number of benzene rings is 1. The second-order valence-electron chi connectivity index (χ2n) is 4.10. The second kappa shape index (κ2) is 7.23. The van der Waals surface area contributed by atoms with Crippen molar-refractivity contribution < 1.29 is 13.2 Å². The molecule has 1 rings (SSSR count). The molecule has 0 radical (unpaired) electrons. The molecule has 0 spiro atoms. The lowest BCUT2D eigenvalue weighted by molar-refractivity contribution is 0.0778. The minimum absolute atomic E-state index is 0.171. The highest BCUT2D eigenvalue weighted by atomic mass is 79.9. The molecule has 1 aromatic rings. The van der Waals surface area contributed by atoms with E-state index < -0.39 is 10.0 Å². The summed E-state index contributed by atoms with van der Waals surface area (Å²) in [5.41, 5.74) is 0. The van der Waals surface area contributed by atoms with Crippen LogP contribution >= 0.6 is 15.9 Å². The van der Waals surface area contributed by atoms with Crippen LogP contribution in [0.5, 0.6) is 0 Å². The summed E-state index contributed by atoms with van der Waals surface area (Å²) >= 11 is 3.23. The maximum atomic E-state index is 12.0. The number of rotatable bonds is 7. The van der Waals surface area contributed by atoms with E-state index in [9.17, 15) is 8.42 Å². The smallest absolute Gasteiger partial charge is 0.241 e. The van der Waals surface area contributed by atoms with Crippen molar-refractivity contribution >= 4 is 26.0 Å². The first-order valence-electron chi connectivity index (χ1n) is 5.79. The number of hydrogen-bond donors (Lipinski definition) is 1. The van der Waals surface area contributed by atoms with Gasteiger partial charge in [0.05, 0.1) is 11.0 Å². The summed E-state index contributed by atoms with van der Waals surface area (Å²) < 4.78 is 32.4. The molecule has 18 heavy (non-hydrogen) atoms. The topological polar surface area (TPSA) is 55.4 Å². The van der Waals surface area contributed by atoms with Crippen molar-refractivity contribution in [1.82, 2.24) is 4.72 Å². The summed E-state index contributed by atoms with van der Waals surface area (Å²) in [4.78, 5) is 0.259. The van der Waals surface area contributed by atoms with Crippen LogP contribution in [-0.4, -0.2) is 27.7 Å². The number of ether oxygens (including phenoxy) is 1. The van der Waals surface area contributed by atoms with Crippen molar-refractivity contribution in [2.75, 3.05) is 13.2 Å². The minimum atomic E-state index is -3.44. The third-order valence-corrected chi connectivity index (χ3v) is 4.66. The summed E-state index contributed by atoms with van der Waals surface area (Å²) in [6.45, 7) is 4.82. The van der Waals surface area contributed by atoms with E-state index in [1.807, 2.05) is 13.8 Å². The van der Waals surface area contributed by atoms with Crippen LogP contribution in [0, 0.1) is 0 Å². The van der Waals surface area contributed by atoms with Gasteiger partial charge in [0.2, 0.25) is 10.0 Å². The Morgan fingerprint density at radius 1 is 1.33 bits per heavy atom. The van der Waals surface area contributed by atoms with Crippen LogP contribution in [0.2, 0.25) is 0 Å². The van der Waals surface area contributed by atoms with E-state index in [4.69, 9.17) is 4.74 Å². The van der Waals surface area contributed by atoms with Crippen molar-refractivity contribution in [3.05, 3.63) is 28.7 Å². The van der Waals surface area contributed by atoms with Gasteiger partial charge in [0.15, 0.2) is 0 Å². The zero-order chi connectivity index (χ0) is 13.6. The van der Waals surface area contributed by atoms with E-state index in [0.717, 1.165) is 0 Å². The summed E-state index contributed by atoms with van der Waals surface area (Å²) in [7, 11) is -3.44. The monoisotopic (exact) mass is 335 g/mol. The molecule has 0 saturated carbocycles. The first-order valence-corrected chi connectivity index (χ1v) is 8.07. The molecule has 4 nitrogen and oxygen atoms in total. The van der Waals surface area contributed by atoms with Gasteiger partial charge in [-0.2, -0.15) is 0 Å². The molecule has 0 aromatic heterocycles. The molecule has 0 bridgehead atoms. The third-order valence-electron chi connectivity index (χ3n) is 2.19. The Labute approximate surface area is 117 Å². The fourth-order valence-electron chi connectivity index (χ4n) is 1.34. The van der Waals surface area contributed by atoms with Crippen molar-refractivity contribution in [1.29, 1.82) is 0 Å². The Kier molecular flexibility index (Phi) is 6.28. The summed E-state index contributed by atoms with van der Waals surface area (Å²) in [6.07, 6.45) is 0.826. The standard InChI is InChI=1S/C12H18BrNO3S/c1-10(2)17-9-5-8-14-18(15,16)12-7-4-3-6-11(12)13/h3-4,6-7,10,14H,5,8-9H2,1-2H3. The summed E-state index contributed by atoms with van der Waals surface area (Å²) in [5, 5.41) is 0. The fourth-order valence-corrected chi connectivity index (χ4v) is 3.41. The lowest BCUT2D eigenvalue weighted by atomic mass is 10.4. The SMILES string of the molecule is CC(C)OCCCNS(=O)(=O)c1ccccc1Br. The van der Waals surface area contributed by atoms with Gasteiger partial charge in [0.1, 0.15) is 0 Å². The summed E-state index contributed by atoms with van der Waals surface area (Å²) in [6, 6.07) is 6.74. The Morgan fingerprint density at radius 3 is 2.61 bits per heavy atom. The molecule has 1 N–H and O–H groups in total. The average Bonchev–Trinajstić information content (AvgIpc) is 2.28. The van der Waals surface area contributed by atoms with Crippen LogP contribution in [0.25, 0.3) is 0 Å². The van der Waals surface area contributed by atoms with Crippen LogP contribution in [0.1, 0.15) is 20.3 Å². The van der Waals surface area contributed by atoms with Crippen LogP contribution in [0.4, 0.5) is 0 Å². The predicted octanol–water partition coefficient (Wildman–Crippen LogP) is 2.54. The first kappa shape index (κ1) is 15.6. The Hall–Kier alpha value is -0.430. The van der Waals surface area contributed by atoms with Gasteiger partial charge in [-0.15, -0.1) is 0 Å². The summed E-state index contributed by atoms with van der Waals surface area (Å²) in [5.74, 6) is 0. The molecule has 0 fully saturated rings. The first-order chi connectivity index (χ1) is 8.43. The van der Waals surface area contributed by atoms with E-state index in [-0.39, 0.29) is 11.0 Å². The molecule has 0 saturated heterocycles. The van der Waals surface area contributed by atoms with Gasteiger partial charge in [-0.05, 0) is 48.3 Å². The highest BCUT2D eigenvalue weighted by Gasteiger charge is 2.15. The average molecular weight is 336 g/mol. The Bertz CT molecular complexity index is 474. The highest BCUT2D eigenvalue weighted by Crippen LogP contribution is 2.20. The molecular formula is C12H18BrNO3S. The molecule has 0 aliphatic heterocycles. The Morgan fingerprint density at radius 2 is 2.00 bits per heavy atom. The Balaban J connectivity index is 2.49. The number of nitrogens with one attached hydrogen (secondary N) is 1. The van der Waals surface area contributed by atoms with Gasteiger partial charge >= 0.3 is 0 Å². The largest absolute Gasteiger partial charge is 0.379 e. The third kappa shape index (κ3) is 5.06. The van der Waals surface area contributed by atoms with Crippen molar-refractivity contribution in [2.45, 2.75) is 31.3 Å². The van der Waals surface area contributed by atoms with Crippen molar-refractivity contribution in [3.8, 4) is 0 Å². The molecule has 0 amide bonds. The maximum Gasteiger partial charge on any atom is 0.241 e. The van der Waals surface area contributed by atoms with E-state index in [1.165, 1.54) is 0 Å². The van der Waals surface area contributed by atoms with Gasteiger partial charge in [-0.1, -0.05) is 12.1 Å². The van der Waals surface area contributed by atoms with Gasteiger partial charge in [-0.25, -0.2) is 13.1 Å². The van der Waals surface area contributed by atoms with Crippen LogP contribution in [-0.2, 0) is 14.8 Å². The fraction of sp³-hybridized carbons (Fsp3) is 0.500. The van der Waals surface area contributed by atoms with E-state index >= 15 is 0 Å². The number of hydrogen-bond acceptors (Lipinski definition) is 3. The van der Waals surface area contributed by atoms with Gasteiger partial charge < -0.3 is 4.74 Å². The lowest BCUT2D eigenvalue weighted by Gasteiger charge is -2.09. The molecule has 0 atom stereocenters. The zero-order valence-electron chi connectivity index (χ0n) is 10.5. The van der Waals surface area contributed by atoms with E-state index in [0.29, 0.717) is 24.0 Å². The van der Waals surface area contributed by atoms with Crippen molar-refractivity contribution in [3.63, 3.8) is 0 Å². The van der Waals surface area contributed by atoms with Gasteiger partial charge in [0.25, 0.3) is 0 Å². The molecular weight excluding hydrogens is 318 g/mol. The molecule has 102 valence electrons. The van der Waals surface area contributed by atoms with E-state index in [1.54, 1.807) is 24.3 Å². The predicted molar refractivity (Wildman–Crippen MR) is 75.0 cm³/mol. The second-order valence-corrected chi connectivity index (χ2v) is 6.69. The molecule has 0 aliphatic carbocycles. The maximum absolute atomic E-state index is 12.0. The minimum Gasteiger partial charge on any atom is -0.379 e. The molecule has 0 heterocycles. The zero-order valence-corrected chi connectivity index (χ0v) is 12.9. The normalized spacial score (nSPS) is 12.0. The van der Waals surface area contributed by atoms with Crippen molar-refractivity contribution in [2.24, 2.45) is 0 Å². The van der Waals surface area contributed by atoms with Crippen LogP contribution < -0.4 is 4.72 Å². The lowest BCUT2D eigenvalue weighted by Crippen LogP contribution is -2.26. The molecule has 0 aliphatic rings. The molecule has 6 heteroatoms. The highest BCUT2D eigenvalue weighted by molar-refractivity contribution is 9.10. The van der Waals surface area contributed by atoms with Gasteiger partial charge in [-0.3, -0.25) is 0 Å². The quantitative estimate of drug-likeness (QED) is 0.779. The van der Waals surface area contributed by atoms with Crippen LogP contribution in [0.15, 0.2) is 33.6 Å². The molecule has 0 unspecified atom stereocenters. The number of sulfonamides is 1. The number of halogens is 1. The van der Waals surface area contributed by atoms with Crippen LogP contribution in [0.3, 0.4) is 0 Å². The van der Waals surface area contributed by atoms with E-state index in [2.05, 4.69) is 20.7 Å². The molecule has 1 aromatic carbocycles. The van der Waals surface area contributed by atoms with Gasteiger partial charge in [0, 0.05) is 17.6 Å².